The van der Waals surface area contributed by atoms with Crippen molar-refractivity contribution in [1.82, 2.24) is 24.8 Å². The molecule has 0 atom stereocenters. The van der Waals surface area contributed by atoms with Gasteiger partial charge in [-0.25, -0.2) is 13.1 Å². The Hall–Kier alpha value is -5.99. The Bertz CT molecular complexity index is 2300. The van der Waals surface area contributed by atoms with E-state index in [0.29, 0.717) is 42.1 Å². The normalized spacial score (nSPS) is 13.6. The lowest BCUT2D eigenvalue weighted by molar-refractivity contribution is -0.384. The van der Waals surface area contributed by atoms with Crippen molar-refractivity contribution in [3.63, 3.8) is 0 Å². The second-order valence-corrected chi connectivity index (χ2v) is 15.2. The number of amides is 1. The molecule has 6 rings (SSSR count). The summed E-state index contributed by atoms with van der Waals surface area (Å²) in [5.74, 6) is -1.19. The van der Waals surface area contributed by atoms with Crippen LogP contribution in [0.1, 0.15) is 16.1 Å². The number of halogens is 3. The van der Waals surface area contributed by atoms with Crippen LogP contribution < -0.4 is 19.7 Å². The molecule has 0 aliphatic carbocycles. The van der Waals surface area contributed by atoms with E-state index in [-0.39, 0.29) is 42.5 Å². The van der Waals surface area contributed by atoms with Crippen LogP contribution in [0, 0.1) is 10.1 Å². The molecule has 1 amide bonds. The summed E-state index contributed by atoms with van der Waals surface area (Å²) in [4.78, 5) is 32.5. The van der Waals surface area contributed by atoms with Gasteiger partial charge in [0.1, 0.15) is 22.1 Å². The highest BCUT2D eigenvalue weighted by Gasteiger charge is 2.33. The predicted molar refractivity (Wildman–Crippen MR) is 201 cm³/mol. The first-order valence-electron chi connectivity index (χ1n) is 16.8. The number of carbonyl (C=O) groups is 1. The summed E-state index contributed by atoms with van der Waals surface area (Å²) in [5.41, 5.74) is 0.498. The molecule has 1 aliphatic heterocycles. The molecule has 0 spiro atoms. The minimum absolute atomic E-state index is 0.0655. The van der Waals surface area contributed by atoms with Crippen LogP contribution in [0.25, 0.3) is 11.1 Å². The van der Waals surface area contributed by atoms with Crippen LogP contribution in [-0.4, -0.2) is 89.3 Å². The third-order valence-corrected chi connectivity index (χ3v) is 10.8. The smallest absolute Gasteiger partial charge is 0.506 e. The molecule has 0 radical (unpaired) electrons. The van der Waals surface area contributed by atoms with Gasteiger partial charge < -0.3 is 20.1 Å². The van der Waals surface area contributed by atoms with E-state index < -0.39 is 43.5 Å². The average Bonchev–Trinajstić information content (AvgIpc) is 3.16. The second kappa shape index (κ2) is 17.2. The Balaban J connectivity index is 1.26. The van der Waals surface area contributed by atoms with Gasteiger partial charge in [-0.05, 0) is 65.7 Å². The molecule has 0 unspecified atom stereocenters. The highest BCUT2D eigenvalue weighted by atomic mass is 32.2. The summed E-state index contributed by atoms with van der Waals surface area (Å²) in [6.45, 7) is 1.46. The first-order valence-corrected chi connectivity index (χ1v) is 19.3. The number of anilines is 2. The van der Waals surface area contributed by atoms with E-state index in [4.69, 9.17) is 0 Å². The number of benzene rings is 3. The Kier molecular flexibility index (Phi) is 12.2. The third-order valence-electron chi connectivity index (χ3n) is 8.40. The lowest BCUT2D eigenvalue weighted by atomic mass is 10.0. The summed E-state index contributed by atoms with van der Waals surface area (Å²) in [7, 11) is -4.73. The maximum absolute atomic E-state index is 13.8. The highest BCUT2D eigenvalue weighted by molar-refractivity contribution is 7.99. The SMILES string of the molecule is O=C(NS(=O)(=O)c1cc([N+](=O)[O-])c(NCCSc2ccccc2)cc1N1CCN(Cc2cc(OC(F)(F)F)cc(-c3cncc(O)c3)c2)CC1)c1cccnn1. The Morgan fingerprint density at radius 3 is 2.43 bits per heavy atom. The van der Waals surface area contributed by atoms with Crippen LogP contribution >= 0.6 is 11.8 Å². The van der Waals surface area contributed by atoms with E-state index in [1.54, 1.807) is 11.0 Å². The number of nitro groups is 1. The number of rotatable bonds is 14. The van der Waals surface area contributed by atoms with Crippen LogP contribution in [0.4, 0.5) is 30.2 Å². The fraction of sp³-hybridized carbons (Fsp3) is 0.222. The number of piperazine rings is 1. The first kappa shape index (κ1) is 39.7. The van der Waals surface area contributed by atoms with E-state index in [1.165, 1.54) is 66.8 Å². The molecule has 5 aromatic rings. The fourth-order valence-corrected chi connectivity index (χ4v) is 7.92. The number of aromatic hydroxyl groups is 1. The molecule has 1 aliphatic rings. The van der Waals surface area contributed by atoms with Crippen LogP contribution in [0.15, 0.2) is 107 Å². The van der Waals surface area contributed by atoms with Crippen molar-refractivity contribution >= 4 is 44.8 Å². The zero-order valence-corrected chi connectivity index (χ0v) is 30.9. The standard InChI is InChI=1S/C36H33F3N8O7S2/c37-36(38,39)54-28-16-24(15-25(18-28)26-17-27(48)22-40-21-26)23-45-10-12-46(13-11-45)33-19-31(41-9-14-55-29-5-2-1-3-6-29)32(47(50)51)20-34(33)56(52,53)44-35(49)30-7-4-8-42-43-30/h1-8,15-22,41,48H,9-14,23H2,(H,44,49). The van der Waals surface area contributed by atoms with E-state index in [9.17, 15) is 41.6 Å². The van der Waals surface area contributed by atoms with Gasteiger partial charge in [0, 0.05) is 73.9 Å². The topological polar surface area (TPSA) is 193 Å². The van der Waals surface area contributed by atoms with E-state index in [2.05, 4.69) is 25.2 Å². The average molecular weight is 811 g/mol. The zero-order valence-electron chi connectivity index (χ0n) is 29.2. The Morgan fingerprint density at radius 1 is 0.982 bits per heavy atom. The molecule has 0 saturated carbocycles. The number of thioether (sulfide) groups is 1. The maximum Gasteiger partial charge on any atom is 0.573 e. The molecule has 56 heavy (non-hydrogen) atoms. The van der Waals surface area contributed by atoms with Gasteiger partial charge in [-0.3, -0.25) is 24.8 Å². The van der Waals surface area contributed by atoms with E-state index >= 15 is 0 Å². The lowest BCUT2D eigenvalue weighted by Crippen LogP contribution is -2.46. The number of nitrogens with zero attached hydrogens (tertiary/aromatic N) is 6. The molecular weight excluding hydrogens is 778 g/mol. The van der Waals surface area contributed by atoms with E-state index in [0.717, 1.165) is 11.0 Å². The van der Waals surface area contributed by atoms with Crippen LogP contribution in [-0.2, 0) is 16.6 Å². The van der Waals surface area contributed by atoms with Crippen LogP contribution in [0.3, 0.4) is 0 Å². The van der Waals surface area contributed by atoms with Gasteiger partial charge in [0.05, 0.1) is 16.8 Å². The van der Waals surface area contributed by atoms with Gasteiger partial charge in [0.2, 0.25) is 0 Å². The number of carbonyl (C=O) groups excluding carboxylic acids is 1. The number of alkyl halides is 3. The summed E-state index contributed by atoms with van der Waals surface area (Å²) in [5, 5.41) is 32.5. The van der Waals surface area contributed by atoms with E-state index in [1.807, 2.05) is 40.0 Å². The Morgan fingerprint density at radius 2 is 1.75 bits per heavy atom. The zero-order chi connectivity index (χ0) is 39.9. The van der Waals surface area contributed by atoms with Crippen molar-refractivity contribution in [3.8, 4) is 22.6 Å². The van der Waals surface area contributed by atoms with Crippen molar-refractivity contribution in [2.24, 2.45) is 0 Å². The second-order valence-electron chi connectivity index (χ2n) is 12.3. The molecule has 3 heterocycles. The van der Waals surface area contributed by atoms with Crippen molar-refractivity contribution in [2.75, 3.05) is 48.7 Å². The van der Waals surface area contributed by atoms with Crippen molar-refractivity contribution < 1.29 is 41.2 Å². The summed E-state index contributed by atoms with van der Waals surface area (Å²) < 4.78 is 73.6. The van der Waals surface area contributed by atoms with Crippen molar-refractivity contribution in [1.29, 1.82) is 0 Å². The number of ether oxygens (including phenoxy) is 1. The van der Waals surface area contributed by atoms with Gasteiger partial charge in [-0.2, -0.15) is 5.10 Å². The quantitative estimate of drug-likeness (QED) is 0.0536. The molecular formula is C36H33F3N8O7S2. The van der Waals surface area contributed by atoms with Gasteiger partial charge in [0.25, 0.3) is 21.6 Å². The maximum atomic E-state index is 13.8. The number of nitro benzene ring substituents is 1. The van der Waals surface area contributed by atoms with Crippen molar-refractivity contribution in [2.45, 2.75) is 22.7 Å². The fourth-order valence-electron chi connectivity index (χ4n) is 5.94. The Labute approximate surface area is 322 Å². The molecule has 292 valence electrons. The molecule has 1 saturated heterocycles. The summed E-state index contributed by atoms with van der Waals surface area (Å²) >= 11 is 1.52. The number of sulfonamides is 1. The number of hydrogen-bond donors (Lipinski definition) is 3. The summed E-state index contributed by atoms with van der Waals surface area (Å²) in [6, 6.07) is 19.9. The third kappa shape index (κ3) is 10.4. The predicted octanol–water partition coefficient (Wildman–Crippen LogP) is 5.70. The number of hydrogen-bond acceptors (Lipinski definition) is 14. The molecule has 15 nitrogen and oxygen atoms in total. The summed E-state index contributed by atoms with van der Waals surface area (Å²) in [6.07, 6.45) is -1.07. The largest absolute Gasteiger partial charge is 0.573 e. The van der Waals surface area contributed by atoms with Crippen molar-refractivity contribution in [3.05, 3.63) is 119 Å². The highest BCUT2D eigenvalue weighted by Crippen LogP contribution is 2.37. The van der Waals surface area contributed by atoms with Gasteiger partial charge in [-0.1, -0.05) is 18.2 Å². The number of nitrogens with one attached hydrogen (secondary N) is 2. The number of pyridine rings is 1. The lowest BCUT2D eigenvalue weighted by Gasteiger charge is -2.37. The first-order chi connectivity index (χ1) is 26.7. The molecule has 20 heteroatoms. The minimum atomic E-state index is -4.95. The number of aromatic nitrogens is 3. The van der Waals surface area contributed by atoms with Crippen LogP contribution in [0.5, 0.6) is 11.5 Å². The molecule has 3 aromatic carbocycles. The molecule has 2 aromatic heterocycles. The monoisotopic (exact) mass is 810 g/mol. The molecule has 3 N–H and O–H groups in total. The van der Waals surface area contributed by atoms with Gasteiger partial charge in [-0.15, -0.1) is 30.0 Å². The molecule has 1 fully saturated rings. The van der Waals surface area contributed by atoms with Crippen LogP contribution in [0.2, 0.25) is 0 Å². The van der Waals surface area contributed by atoms with Gasteiger partial charge >= 0.3 is 6.36 Å². The molecule has 0 bridgehead atoms. The minimum Gasteiger partial charge on any atom is -0.506 e. The van der Waals surface area contributed by atoms with Gasteiger partial charge in [0.15, 0.2) is 5.69 Å².